The van der Waals surface area contributed by atoms with Gasteiger partial charge >= 0.3 is 6.41 Å². The van der Waals surface area contributed by atoms with Gasteiger partial charge in [0.1, 0.15) is 5.82 Å². The van der Waals surface area contributed by atoms with E-state index >= 15 is 0 Å². The molecule has 1 N–H and O–H groups in total. The van der Waals surface area contributed by atoms with Crippen molar-refractivity contribution in [2.24, 2.45) is 0 Å². The lowest BCUT2D eigenvalue weighted by atomic mass is 10.2. The highest BCUT2D eigenvalue weighted by Gasteiger charge is 1.94. The number of hydrogen-bond donors (Lipinski definition) is 1. The minimum Gasteiger partial charge on any atom is -0.302 e. The number of nitrogens with zero attached hydrogens (tertiary/aromatic N) is 1. The van der Waals surface area contributed by atoms with Crippen molar-refractivity contribution < 1.29 is 4.79 Å². The average molecular weight is 149 g/mol. The number of hydrogen-bond acceptors (Lipinski definition) is 2. The predicted molar refractivity (Wildman–Crippen MR) is 43.0 cm³/mol. The van der Waals surface area contributed by atoms with Crippen molar-refractivity contribution in [1.82, 2.24) is 4.98 Å². The maximum absolute atomic E-state index is 9.92. The van der Waals surface area contributed by atoms with Crippen LogP contribution >= 0.6 is 0 Å². The molecule has 0 fully saturated rings. The second-order valence-electron chi connectivity index (χ2n) is 2.40. The van der Waals surface area contributed by atoms with Crippen LogP contribution in [0.1, 0.15) is 11.3 Å². The fourth-order valence-corrected chi connectivity index (χ4v) is 0.958. The number of nitrogens with one attached hydrogen (secondary N) is 1. The zero-order valence-corrected chi connectivity index (χ0v) is 6.51. The van der Waals surface area contributed by atoms with Gasteiger partial charge in [0.05, 0.1) is 0 Å². The van der Waals surface area contributed by atoms with Crippen LogP contribution in [0.2, 0.25) is 0 Å². The maximum Gasteiger partial charge on any atom is 0.315 e. The highest BCUT2D eigenvalue weighted by atomic mass is 16.1. The van der Waals surface area contributed by atoms with E-state index in [0.29, 0.717) is 5.82 Å². The molecule has 0 atom stereocenters. The van der Waals surface area contributed by atoms with Crippen molar-refractivity contribution in [1.29, 1.82) is 0 Å². The minimum atomic E-state index is 0.553. The Bertz CT molecular complexity index is 251. The molecule has 1 aromatic heterocycles. The third kappa shape index (κ3) is 2.04. The van der Waals surface area contributed by atoms with Crippen LogP contribution in [0.3, 0.4) is 0 Å². The summed E-state index contributed by atoms with van der Waals surface area (Å²) < 4.78 is 0. The van der Waals surface area contributed by atoms with Gasteiger partial charge in [0.2, 0.25) is 0 Å². The second kappa shape index (κ2) is 3.14. The van der Waals surface area contributed by atoms with Gasteiger partial charge in [0.15, 0.2) is 0 Å². The molecule has 0 saturated carbocycles. The van der Waals surface area contributed by atoms with Crippen molar-refractivity contribution in [2.45, 2.75) is 13.8 Å². The predicted octanol–water partition coefficient (Wildman–Crippen LogP) is 1.18. The molecule has 0 aliphatic carbocycles. The lowest BCUT2D eigenvalue weighted by Gasteiger charge is -1.99. The first-order chi connectivity index (χ1) is 5.22. The first-order valence-corrected chi connectivity index (χ1v) is 3.31. The van der Waals surface area contributed by atoms with Crippen LogP contribution in [0.15, 0.2) is 12.1 Å². The number of anilines is 1. The minimum absolute atomic E-state index is 0.553. The van der Waals surface area contributed by atoms with Gasteiger partial charge in [-0.15, -0.1) is 0 Å². The van der Waals surface area contributed by atoms with Crippen molar-refractivity contribution in [3.8, 4) is 0 Å². The number of aromatic nitrogens is 1. The summed E-state index contributed by atoms with van der Waals surface area (Å²) in [6.45, 7) is 3.83. The summed E-state index contributed by atoms with van der Waals surface area (Å²) in [6, 6.07) is 3.73. The van der Waals surface area contributed by atoms with E-state index < -0.39 is 0 Å². The van der Waals surface area contributed by atoms with E-state index in [-0.39, 0.29) is 0 Å². The summed E-state index contributed by atoms with van der Waals surface area (Å²) >= 11 is 0. The summed E-state index contributed by atoms with van der Waals surface area (Å²) in [5.41, 5.74) is 1.97. The zero-order chi connectivity index (χ0) is 8.27. The fourth-order valence-electron chi connectivity index (χ4n) is 0.958. The molecule has 0 aliphatic heterocycles. The van der Waals surface area contributed by atoms with Crippen molar-refractivity contribution in [2.75, 3.05) is 5.32 Å². The smallest absolute Gasteiger partial charge is 0.302 e. The molecule has 0 saturated heterocycles. The first-order valence-electron chi connectivity index (χ1n) is 3.31. The zero-order valence-electron chi connectivity index (χ0n) is 6.51. The van der Waals surface area contributed by atoms with Gasteiger partial charge < -0.3 is 5.32 Å². The van der Waals surface area contributed by atoms with Crippen LogP contribution in [0.4, 0.5) is 5.82 Å². The first kappa shape index (κ1) is 7.72. The summed E-state index contributed by atoms with van der Waals surface area (Å²) in [5, 5.41) is 2.37. The fraction of sp³-hybridized carbons (Fsp3) is 0.250. The van der Waals surface area contributed by atoms with Crippen molar-refractivity contribution >= 4 is 12.2 Å². The maximum atomic E-state index is 9.92. The van der Waals surface area contributed by atoms with Crippen LogP contribution < -0.4 is 5.32 Å². The summed E-state index contributed by atoms with van der Waals surface area (Å²) in [6.07, 6.45) is 1.58. The van der Waals surface area contributed by atoms with Gasteiger partial charge in [-0.25, -0.2) is 4.98 Å². The summed E-state index contributed by atoms with van der Waals surface area (Å²) in [5.74, 6) is 0.553. The molecule has 57 valence electrons. The topological polar surface area (TPSA) is 42.0 Å². The molecule has 1 rings (SSSR count). The molecule has 3 heteroatoms. The molecular weight excluding hydrogens is 140 g/mol. The lowest BCUT2D eigenvalue weighted by molar-refractivity contribution is 0.561. The molecule has 1 heterocycles. The SMILES string of the molecule is Cc1cc(C)nc(N[C]=O)c1. The average Bonchev–Trinajstić information content (AvgIpc) is 1.85. The Labute approximate surface area is 65.5 Å². The Morgan fingerprint density at radius 3 is 2.73 bits per heavy atom. The van der Waals surface area contributed by atoms with Gasteiger partial charge in [-0.2, -0.15) is 0 Å². The molecule has 0 spiro atoms. The number of aryl methyl sites for hydroxylation is 2. The van der Waals surface area contributed by atoms with E-state index in [4.69, 9.17) is 0 Å². The van der Waals surface area contributed by atoms with E-state index in [0.717, 1.165) is 11.3 Å². The van der Waals surface area contributed by atoms with Crippen LogP contribution in [-0.4, -0.2) is 11.4 Å². The molecule has 1 amide bonds. The van der Waals surface area contributed by atoms with Crippen molar-refractivity contribution in [3.63, 3.8) is 0 Å². The van der Waals surface area contributed by atoms with E-state index in [1.165, 1.54) is 0 Å². The van der Waals surface area contributed by atoms with Crippen LogP contribution in [0, 0.1) is 13.8 Å². The normalized spacial score (nSPS) is 9.27. The molecule has 0 aliphatic rings. The molecule has 1 radical (unpaired) electrons. The van der Waals surface area contributed by atoms with Crippen molar-refractivity contribution in [3.05, 3.63) is 23.4 Å². The molecular formula is C8H9N2O. The molecule has 0 unspecified atom stereocenters. The summed E-state index contributed by atoms with van der Waals surface area (Å²) in [7, 11) is 0. The third-order valence-corrected chi connectivity index (χ3v) is 1.28. The van der Waals surface area contributed by atoms with E-state index in [1.807, 2.05) is 19.9 Å². The molecule has 0 bridgehead atoms. The number of pyridine rings is 1. The highest BCUT2D eigenvalue weighted by Crippen LogP contribution is 2.07. The Morgan fingerprint density at radius 2 is 2.18 bits per heavy atom. The van der Waals surface area contributed by atoms with Crippen LogP contribution in [-0.2, 0) is 4.79 Å². The summed E-state index contributed by atoms with van der Waals surface area (Å²) in [4.78, 5) is 14.0. The Hall–Kier alpha value is -1.38. The van der Waals surface area contributed by atoms with E-state index in [9.17, 15) is 4.79 Å². The largest absolute Gasteiger partial charge is 0.315 e. The number of carbonyl (C=O) groups excluding carboxylic acids is 1. The lowest BCUT2D eigenvalue weighted by Crippen LogP contribution is -1.98. The van der Waals surface area contributed by atoms with Gasteiger partial charge in [0, 0.05) is 5.69 Å². The molecule has 0 aromatic carbocycles. The molecule has 11 heavy (non-hydrogen) atoms. The standard InChI is InChI=1S/C8H9N2O/c1-6-3-7(2)10-8(4-6)9-5-11/h3-4H,1-2H3,(H,9,10,11). The highest BCUT2D eigenvalue weighted by molar-refractivity contribution is 5.69. The van der Waals surface area contributed by atoms with E-state index in [1.54, 1.807) is 12.5 Å². The monoisotopic (exact) mass is 149 g/mol. The van der Waals surface area contributed by atoms with Gasteiger partial charge in [-0.3, -0.25) is 4.79 Å². The van der Waals surface area contributed by atoms with Crippen LogP contribution in [0.25, 0.3) is 0 Å². The van der Waals surface area contributed by atoms with Crippen LogP contribution in [0.5, 0.6) is 0 Å². The third-order valence-electron chi connectivity index (χ3n) is 1.28. The molecule has 3 nitrogen and oxygen atoms in total. The Kier molecular flexibility index (Phi) is 2.21. The Morgan fingerprint density at radius 1 is 1.45 bits per heavy atom. The van der Waals surface area contributed by atoms with E-state index in [2.05, 4.69) is 10.3 Å². The number of amides is 1. The molecule has 1 aromatic rings. The quantitative estimate of drug-likeness (QED) is 0.641. The van der Waals surface area contributed by atoms with Gasteiger partial charge in [-0.05, 0) is 31.5 Å². The Balaban J connectivity index is 2.98. The van der Waals surface area contributed by atoms with Gasteiger partial charge in [-0.1, -0.05) is 0 Å². The van der Waals surface area contributed by atoms with Gasteiger partial charge in [0.25, 0.3) is 0 Å². The second-order valence-corrected chi connectivity index (χ2v) is 2.40. The number of rotatable bonds is 2.